The van der Waals surface area contributed by atoms with E-state index in [0.29, 0.717) is 0 Å². The quantitative estimate of drug-likeness (QED) is 0.420. The lowest BCUT2D eigenvalue weighted by atomic mass is 10.7. The van der Waals surface area contributed by atoms with E-state index in [9.17, 15) is 0 Å². The van der Waals surface area contributed by atoms with Crippen LogP contribution in [-0.4, -0.2) is 6.21 Å². The highest BCUT2D eigenvalue weighted by molar-refractivity contribution is 5.71. The summed E-state index contributed by atoms with van der Waals surface area (Å²) in [5, 5.41) is 3.78. The minimum atomic E-state index is 1.64. The molecular formula is C5H5N2. The Morgan fingerprint density at radius 1 is 1.00 bits per heavy atom. The first kappa shape index (κ1) is 4.12. The van der Waals surface area contributed by atoms with Crippen LogP contribution in [0.1, 0.15) is 0 Å². The van der Waals surface area contributed by atoms with Crippen LogP contribution in [0.4, 0.5) is 0 Å². The summed E-state index contributed by atoms with van der Waals surface area (Å²) in [6.45, 7) is 0. The van der Waals surface area contributed by atoms with E-state index < -0.39 is 0 Å². The molecule has 0 atom stereocenters. The lowest BCUT2D eigenvalue weighted by Crippen LogP contribution is -1.75. The molecule has 0 N–H and O–H groups in total. The summed E-state index contributed by atoms with van der Waals surface area (Å²) in [4.78, 5) is 3.78. The van der Waals surface area contributed by atoms with Gasteiger partial charge in [0.1, 0.15) is 0 Å². The van der Waals surface area contributed by atoms with Crippen molar-refractivity contribution in [3.8, 4) is 0 Å². The van der Waals surface area contributed by atoms with Crippen molar-refractivity contribution in [3.05, 3.63) is 24.7 Å². The van der Waals surface area contributed by atoms with E-state index in [4.69, 9.17) is 0 Å². The van der Waals surface area contributed by atoms with Crippen molar-refractivity contribution in [2.45, 2.75) is 0 Å². The summed E-state index contributed by atoms with van der Waals surface area (Å²) in [6, 6.07) is 0. The maximum absolute atomic E-state index is 3.78. The third kappa shape index (κ3) is 1.22. The Labute approximate surface area is 42.3 Å². The third-order valence-electron chi connectivity index (χ3n) is 0.583. The minimum absolute atomic E-state index is 1.64. The van der Waals surface area contributed by atoms with Gasteiger partial charge >= 0.3 is 0 Å². The fourth-order valence-corrected chi connectivity index (χ4v) is 0.314. The van der Waals surface area contributed by atoms with E-state index >= 15 is 0 Å². The van der Waals surface area contributed by atoms with Gasteiger partial charge in [0.05, 0.1) is 0 Å². The van der Waals surface area contributed by atoms with Crippen molar-refractivity contribution in [1.29, 1.82) is 0 Å². The Morgan fingerprint density at radius 3 is 3.00 bits per heavy atom. The molecule has 2 heteroatoms. The first-order chi connectivity index (χ1) is 3.50. The number of rotatable bonds is 0. The molecule has 2 nitrogen and oxygen atoms in total. The van der Waals surface area contributed by atoms with Gasteiger partial charge in [0, 0.05) is 24.8 Å². The topological polar surface area (TPSA) is 26.5 Å². The number of aliphatic imine (C=N–C) groups is 1. The van der Waals surface area contributed by atoms with Crippen LogP contribution in [0.15, 0.2) is 29.7 Å². The Bertz CT molecular complexity index is 108. The molecule has 1 radical (unpaired) electrons. The highest BCUT2D eigenvalue weighted by atomic mass is 14.8. The zero-order chi connectivity index (χ0) is 4.95. The van der Waals surface area contributed by atoms with E-state index in [2.05, 4.69) is 10.3 Å². The molecule has 0 amide bonds. The molecule has 1 rings (SSSR count). The van der Waals surface area contributed by atoms with E-state index in [1.165, 1.54) is 0 Å². The maximum Gasteiger partial charge on any atom is 0.0450 e. The van der Waals surface area contributed by atoms with Crippen LogP contribution in [0.5, 0.6) is 0 Å². The van der Waals surface area contributed by atoms with Crippen molar-refractivity contribution < 1.29 is 0 Å². The first-order valence-corrected chi connectivity index (χ1v) is 2.03. The first-order valence-electron chi connectivity index (χ1n) is 2.03. The van der Waals surface area contributed by atoms with Crippen LogP contribution in [0.2, 0.25) is 0 Å². The van der Waals surface area contributed by atoms with Gasteiger partial charge in [-0.2, -0.15) is 0 Å². The largest absolute Gasteiger partial charge is 0.263 e. The van der Waals surface area contributed by atoms with Gasteiger partial charge in [-0.25, -0.2) is 0 Å². The molecule has 0 unspecified atom stereocenters. The molecule has 1 aliphatic heterocycles. The maximum atomic E-state index is 3.78. The van der Waals surface area contributed by atoms with Crippen LogP contribution in [0, 0.1) is 0 Å². The average molecular weight is 93.1 g/mol. The van der Waals surface area contributed by atoms with E-state index in [-0.39, 0.29) is 0 Å². The highest BCUT2D eigenvalue weighted by Crippen LogP contribution is 1.77. The normalized spacial score (nSPS) is 16.0. The summed E-state index contributed by atoms with van der Waals surface area (Å²) in [5.41, 5.74) is 0. The Hall–Kier alpha value is -1.05. The minimum Gasteiger partial charge on any atom is -0.263 e. The lowest BCUT2D eigenvalue weighted by molar-refractivity contribution is 1.17. The number of allylic oxidation sites excluding steroid dienone is 1. The predicted octanol–water partition coefficient (Wildman–Crippen LogP) is 0.660. The molecule has 0 aromatic rings. The van der Waals surface area contributed by atoms with Crippen LogP contribution in [-0.2, 0) is 0 Å². The van der Waals surface area contributed by atoms with Gasteiger partial charge in [-0.1, -0.05) is 0 Å². The molecule has 0 saturated carbocycles. The molecule has 7 heavy (non-hydrogen) atoms. The molecule has 0 aromatic heterocycles. The molecular weight excluding hydrogens is 88.1 g/mol. The van der Waals surface area contributed by atoms with Crippen molar-refractivity contribution in [2.75, 3.05) is 0 Å². The second-order valence-electron chi connectivity index (χ2n) is 1.09. The van der Waals surface area contributed by atoms with Gasteiger partial charge < -0.3 is 0 Å². The summed E-state index contributed by atoms with van der Waals surface area (Å²) >= 11 is 0. The second-order valence-corrected chi connectivity index (χ2v) is 1.09. The van der Waals surface area contributed by atoms with Crippen LogP contribution in [0.25, 0.3) is 0 Å². The van der Waals surface area contributed by atoms with E-state index in [1.807, 2.05) is 0 Å². The van der Waals surface area contributed by atoms with Crippen molar-refractivity contribution in [1.82, 2.24) is 5.32 Å². The number of hydrogen-bond donors (Lipinski definition) is 0. The Morgan fingerprint density at radius 2 is 2.00 bits per heavy atom. The Balaban J connectivity index is 2.60. The molecule has 0 saturated heterocycles. The second kappa shape index (κ2) is 2.18. The fraction of sp³-hybridized carbons (Fsp3) is 0. The SMILES string of the molecule is C1=C[N]C=CN=C1. The molecule has 35 valence electrons. The Kier molecular flexibility index (Phi) is 1.28. The molecule has 1 heterocycles. The van der Waals surface area contributed by atoms with Gasteiger partial charge in [-0.05, 0) is 6.08 Å². The summed E-state index contributed by atoms with van der Waals surface area (Å²) in [6.07, 6.45) is 8.43. The van der Waals surface area contributed by atoms with Crippen LogP contribution < -0.4 is 5.32 Å². The number of nitrogens with zero attached hydrogens (tertiary/aromatic N) is 2. The van der Waals surface area contributed by atoms with Crippen LogP contribution >= 0.6 is 0 Å². The molecule has 0 bridgehead atoms. The van der Waals surface area contributed by atoms with Gasteiger partial charge in [0.15, 0.2) is 0 Å². The molecule has 0 aromatic carbocycles. The van der Waals surface area contributed by atoms with Crippen molar-refractivity contribution in [3.63, 3.8) is 0 Å². The van der Waals surface area contributed by atoms with E-state index in [1.54, 1.807) is 30.9 Å². The standard InChI is InChI=1S/C5H5N2/c1-2-6-4-5-7-3-1/h1-5H. The zero-order valence-corrected chi connectivity index (χ0v) is 3.78. The predicted molar refractivity (Wildman–Crippen MR) is 28.9 cm³/mol. The zero-order valence-electron chi connectivity index (χ0n) is 3.78. The third-order valence-corrected chi connectivity index (χ3v) is 0.583. The summed E-state index contributed by atoms with van der Waals surface area (Å²) < 4.78 is 0. The van der Waals surface area contributed by atoms with Gasteiger partial charge in [0.25, 0.3) is 0 Å². The van der Waals surface area contributed by atoms with Crippen molar-refractivity contribution in [2.24, 2.45) is 4.99 Å². The van der Waals surface area contributed by atoms with Gasteiger partial charge in [-0.3, -0.25) is 10.3 Å². The van der Waals surface area contributed by atoms with E-state index in [0.717, 1.165) is 0 Å². The summed E-state index contributed by atoms with van der Waals surface area (Å²) in [5.74, 6) is 0. The molecule has 1 aliphatic rings. The van der Waals surface area contributed by atoms with Crippen molar-refractivity contribution >= 4 is 6.21 Å². The molecule has 0 aliphatic carbocycles. The monoisotopic (exact) mass is 93.0 g/mol. The number of hydrogen-bond acceptors (Lipinski definition) is 1. The summed E-state index contributed by atoms with van der Waals surface area (Å²) in [7, 11) is 0. The van der Waals surface area contributed by atoms with Gasteiger partial charge in [0.2, 0.25) is 0 Å². The lowest BCUT2D eigenvalue weighted by Gasteiger charge is -1.72. The average Bonchev–Trinajstić information content (AvgIpc) is 1.90. The smallest absolute Gasteiger partial charge is 0.0450 e. The fourth-order valence-electron chi connectivity index (χ4n) is 0.314. The molecule has 0 fully saturated rings. The van der Waals surface area contributed by atoms with Gasteiger partial charge in [-0.15, -0.1) is 0 Å². The highest BCUT2D eigenvalue weighted by Gasteiger charge is 1.70. The van der Waals surface area contributed by atoms with Crippen LogP contribution in [0.3, 0.4) is 0 Å². The molecule has 0 spiro atoms.